The zero-order chi connectivity index (χ0) is 14.7. The van der Waals surface area contributed by atoms with Gasteiger partial charge in [0.1, 0.15) is 12.2 Å². The maximum absolute atomic E-state index is 11.3. The molecule has 0 spiro atoms. The van der Waals surface area contributed by atoms with E-state index in [0.717, 1.165) is 0 Å². The molecule has 7 nitrogen and oxygen atoms in total. The standard InChI is InChI=1S/C12H11N3O4S/c1-2-5-14(6-10(16)17)8-3-4-9-11(13-7-20-9)12(8)15(18)19/h2-4,7H,1,5-6H2,(H,16,17). The summed E-state index contributed by atoms with van der Waals surface area (Å²) >= 11 is 1.30. The lowest BCUT2D eigenvalue weighted by atomic mass is 10.2. The number of aromatic nitrogens is 1. The molecule has 0 atom stereocenters. The molecule has 1 heterocycles. The predicted octanol–water partition coefficient (Wildman–Crippen LogP) is 2.28. The van der Waals surface area contributed by atoms with Crippen LogP contribution in [0, 0.1) is 10.1 Å². The van der Waals surface area contributed by atoms with E-state index >= 15 is 0 Å². The van der Waals surface area contributed by atoms with Crippen molar-refractivity contribution in [3.63, 3.8) is 0 Å². The van der Waals surface area contributed by atoms with Gasteiger partial charge in [0.2, 0.25) is 0 Å². The number of hydrogen-bond acceptors (Lipinski definition) is 6. The molecule has 1 aromatic carbocycles. The molecule has 0 saturated carbocycles. The SMILES string of the molecule is C=CCN(CC(=O)O)c1ccc2scnc2c1[N+](=O)[O-]. The zero-order valence-electron chi connectivity index (χ0n) is 10.4. The summed E-state index contributed by atoms with van der Waals surface area (Å²) in [6.45, 7) is 3.39. The van der Waals surface area contributed by atoms with Crippen molar-refractivity contribution in [3.05, 3.63) is 40.4 Å². The van der Waals surface area contributed by atoms with E-state index < -0.39 is 10.9 Å². The van der Waals surface area contributed by atoms with Crippen molar-refractivity contribution in [2.45, 2.75) is 0 Å². The first-order chi connectivity index (χ1) is 9.54. The van der Waals surface area contributed by atoms with Crippen molar-refractivity contribution < 1.29 is 14.8 Å². The normalized spacial score (nSPS) is 10.4. The Morgan fingerprint density at radius 3 is 2.95 bits per heavy atom. The van der Waals surface area contributed by atoms with Crippen LogP contribution in [0.5, 0.6) is 0 Å². The molecule has 0 radical (unpaired) electrons. The number of nitro benzene ring substituents is 1. The van der Waals surface area contributed by atoms with Crippen molar-refractivity contribution in [3.8, 4) is 0 Å². The third-order valence-electron chi connectivity index (χ3n) is 2.65. The molecule has 0 unspecified atom stereocenters. The van der Waals surface area contributed by atoms with Gasteiger partial charge in [-0.15, -0.1) is 17.9 Å². The minimum Gasteiger partial charge on any atom is -0.480 e. The first-order valence-electron chi connectivity index (χ1n) is 5.62. The van der Waals surface area contributed by atoms with Crippen LogP contribution >= 0.6 is 11.3 Å². The van der Waals surface area contributed by atoms with E-state index in [-0.39, 0.29) is 30.0 Å². The second-order valence-electron chi connectivity index (χ2n) is 3.95. The van der Waals surface area contributed by atoms with E-state index in [1.165, 1.54) is 27.8 Å². The molecule has 1 N–H and O–H groups in total. The number of thiazole rings is 1. The Morgan fingerprint density at radius 2 is 2.35 bits per heavy atom. The van der Waals surface area contributed by atoms with E-state index in [9.17, 15) is 14.9 Å². The largest absolute Gasteiger partial charge is 0.480 e. The van der Waals surface area contributed by atoms with Crippen LogP contribution in [0.1, 0.15) is 0 Å². The summed E-state index contributed by atoms with van der Waals surface area (Å²) < 4.78 is 0.689. The third-order valence-corrected chi connectivity index (χ3v) is 3.45. The number of carbonyl (C=O) groups is 1. The number of hydrogen-bond donors (Lipinski definition) is 1. The number of carboxylic acid groups (broad SMARTS) is 1. The number of aliphatic carboxylic acids is 1. The molecule has 0 bridgehead atoms. The molecule has 1 aromatic heterocycles. The molecule has 20 heavy (non-hydrogen) atoms. The van der Waals surface area contributed by atoms with Crippen LogP contribution in [0.25, 0.3) is 10.2 Å². The second-order valence-corrected chi connectivity index (χ2v) is 4.84. The summed E-state index contributed by atoms with van der Waals surface area (Å²) in [5.41, 5.74) is 1.86. The highest BCUT2D eigenvalue weighted by atomic mass is 32.1. The highest BCUT2D eigenvalue weighted by molar-refractivity contribution is 7.16. The number of rotatable bonds is 6. The zero-order valence-corrected chi connectivity index (χ0v) is 11.2. The van der Waals surface area contributed by atoms with Gasteiger partial charge in [0.05, 0.1) is 15.1 Å². The number of fused-ring (bicyclic) bond motifs is 1. The van der Waals surface area contributed by atoms with Gasteiger partial charge in [0.15, 0.2) is 5.52 Å². The molecule has 0 aliphatic heterocycles. The average molecular weight is 293 g/mol. The summed E-state index contributed by atoms with van der Waals surface area (Å²) in [6.07, 6.45) is 1.50. The first-order valence-corrected chi connectivity index (χ1v) is 6.50. The first kappa shape index (κ1) is 13.9. The van der Waals surface area contributed by atoms with Crippen molar-refractivity contribution in [2.75, 3.05) is 18.0 Å². The second kappa shape index (κ2) is 5.66. The van der Waals surface area contributed by atoms with E-state index in [4.69, 9.17) is 5.11 Å². The van der Waals surface area contributed by atoms with Crippen LogP contribution in [-0.2, 0) is 4.79 Å². The summed E-state index contributed by atoms with van der Waals surface area (Å²) in [6, 6.07) is 3.25. The molecule has 0 saturated heterocycles. The van der Waals surface area contributed by atoms with Gasteiger partial charge in [-0.1, -0.05) is 6.08 Å². The molecule has 2 rings (SSSR count). The number of nitrogens with zero attached hydrogens (tertiary/aromatic N) is 3. The number of anilines is 1. The Labute approximate surface area is 117 Å². The summed E-state index contributed by atoms with van der Waals surface area (Å²) in [4.78, 5) is 27.0. The lowest BCUT2D eigenvalue weighted by molar-refractivity contribution is -0.382. The van der Waals surface area contributed by atoms with Gasteiger partial charge in [-0.05, 0) is 12.1 Å². The average Bonchev–Trinajstić information content (AvgIpc) is 2.84. The van der Waals surface area contributed by atoms with Crippen LogP contribution < -0.4 is 4.90 Å². The Hall–Kier alpha value is -2.48. The Kier molecular flexibility index (Phi) is 3.94. The Morgan fingerprint density at radius 1 is 1.60 bits per heavy atom. The van der Waals surface area contributed by atoms with Gasteiger partial charge in [0, 0.05) is 6.54 Å². The van der Waals surface area contributed by atoms with E-state index in [2.05, 4.69) is 11.6 Å². The fourth-order valence-electron chi connectivity index (χ4n) is 1.91. The number of benzene rings is 1. The van der Waals surface area contributed by atoms with E-state index in [0.29, 0.717) is 4.70 Å². The van der Waals surface area contributed by atoms with Gasteiger partial charge >= 0.3 is 11.7 Å². The van der Waals surface area contributed by atoms with Gasteiger partial charge in [-0.2, -0.15) is 0 Å². The fourth-order valence-corrected chi connectivity index (χ4v) is 2.59. The van der Waals surface area contributed by atoms with Crippen LogP contribution in [0.4, 0.5) is 11.4 Å². The van der Waals surface area contributed by atoms with Gasteiger partial charge in [-0.3, -0.25) is 14.9 Å². The van der Waals surface area contributed by atoms with Crippen LogP contribution in [0.3, 0.4) is 0 Å². The van der Waals surface area contributed by atoms with Crippen molar-refractivity contribution in [2.24, 2.45) is 0 Å². The molecule has 0 amide bonds. The molecule has 0 aliphatic carbocycles. The van der Waals surface area contributed by atoms with Crippen molar-refractivity contribution in [1.82, 2.24) is 4.98 Å². The van der Waals surface area contributed by atoms with Crippen LogP contribution in [0.15, 0.2) is 30.3 Å². The quantitative estimate of drug-likeness (QED) is 0.498. The summed E-state index contributed by atoms with van der Waals surface area (Å²) in [7, 11) is 0. The Bertz CT molecular complexity index is 682. The van der Waals surface area contributed by atoms with E-state index in [1.54, 1.807) is 12.1 Å². The van der Waals surface area contributed by atoms with Crippen LogP contribution in [-0.4, -0.2) is 34.1 Å². The monoisotopic (exact) mass is 293 g/mol. The third kappa shape index (κ3) is 2.59. The van der Waals surface area contributed by atoms with Gasteiger partial charge in [0.25, 0.3) is 0 Å². The summed E-state index contributed by atoms with van der Waals surface area (Å²) in [5, 5.41) is 20.2. The number of carboxylic acids is 1. The molecule has 8 heteroatoms. The van der Waals surface area contributed by atoms with Gasteiger partial charge < -0.3 is 10.0 Å². The number of nitro groups is 1. The maximum Gasteiger partial charge on any atom is 0.323 e. The lowest BCUT2D eigenvalue weighted by Crippen LogP contribution is -2.30. The Balaban J connectivity index is 2.60. The highest BCUT2D eigenvalue weighted by Gasteiger charge is 2.25. The smallest absolute Gasteiger partial charge is 0.323 e. The topological polar surface area (TPSA) is 96.6 Å². The molecular formula is C12H11N3O4S. The van der Waals surface area contributed by atoms with Gasteiger partial charge in [-0.25, -0.2) is 4.98 Å². The van der Waals surface area contributed by atoms with Crippen molar-refractivity contribution >= 4 is 38.9 Å². The predicted molar refractivity (Wildman–Crippen MR) is 76.3 cm³/mol. The fraction of sp³-hybridized carbons (Fsp3) is 0.167. The molecule has 104 valence electrons. The lowest BCUT2D eigenvalue weighted by Gasteiger charge is -2.20. The minimum atomic E-state index is -1.07. The maximum atomic E-state index is 11.3. The van der Waals surface area contributed by atoms with Crippen LogP contribution in [0.2, 0.25) is 0 Å². The van der Waals surface area contributed by atoms with Crippen molar-refractivity contribution in [1.29, 1.82) is 0 Å². The minimum absolute atomic E-state index is 0.174. The molecular weight excluding hydrogens is 282 g/mol. The summed E-state index contributed by atoms with van der Waals surface area (Å²) in [5.74, 6) is -1.07. The van der Waals surface area contributed by atoms with E-state index in [1.807, 2.05) is 0 Å². The molecule has 0 aliphatic rings. The molecule has 2 aromatic rings. The molecule has 0 fully saturated rings. The highest BCUT2D eigenvalue weighted by Crippen LogP contribution is 2.36.